The van der Waals surface area contributed by atoms with Crippen LogP contribution in [0.3, 0.4) is 0 Å². The summed E-state index contributed by atoms with van der Waals surface area (Å²) in [6.07, 6.45) is 1.09. The summed E-state index contributed by atoms with van der Waals surface area (Å²) in [6, 6.07) is 6.24. The standard InChI is InChI=1S/C10H11BrN2O3S/c1-3-16-12-8(2)13-17(14,15)10-6-4-9(11)5-7-10/h3-7H,1H2,2H3,(H,12,13). The van der Waals surface area contributed by atoms with Crippen LogP contribution in [0.4, 0.5) is 0 Å². The number of hydrogen-bond acceptors (Lipinski definition) is 4. The van der Waals surface area contributed by atoms with Crippen LogP contribution in [0, 0.1) is 0 Å². The number of nitrogens with one attached hydrogen (secondary N) is 1. The number of nitrogens with zero attached hydrogens (tertiary/aromatic N) is 1. The fourth-order valence-electron chi connectivity index (χ4n) is 1.00. The second-order valence-corrected chi connectivity index (χ2v) is 5.61. The molecule has 7 heteroatoms. The van der Waals surface area contributed by atoms with E-state index in [4.69, 9.17) is 0 Å². The van der Waals surface area contributed by atoms with E-state index in [2.05, 4.69) is 37.2 Å². The Labute approximate surface area is 108 Å². The van der Waals surface area contributed by atoms with Gasteiger partial charge in [-0.1, -0.05) is 27.7 Å². The van der Waals surface area contributed by atoms with E-state index in [1.807, 2.05) is 0 Å². The minimum absolute atomic E-state index is 0.118. The molecule has 0 saturated carbocycles. The minimum atomic E-state index is -3.62. The third kappa shape index (κ3) is 4.20. The quantitative estimate of drug-likeness (QED) is 0.400. The summed E-state index contributed by atoms with van der Waals surface area (Å²) in [4.78, 5) is 4.66. The van der Waals surface area contributed by atoms with E-state index in [1.54, 1.807) is 12.1 Å². The van der Waals surface area contributed by atoms with Gasteiger partial charge in [-0.05, 0) is 31.2 Å². The van der Waals surface area contributed by atoms with E-state index >= 15 is 0 Å². The van der Waals surface area contributed by atoms with Crippen molar-refractivity contribution in [2.24, 2.45) is 5.16 Å². The van der Waals surface area contributed by atoms with Gasteiger partial charge in [0.05, 0.1) is 4.90 Å². The van der Waals surface area contributed by atoms with Crippen LogP contribution >= 0.6 is 15.9 Å². The van der Waals surface area contributed by atoms with Crippen molar-refractivity contribution >= 4 is 31.8 Å². The third-order valence-corrected chi connectivity index (χ3v) is 3.66. The Bertz CT molecular complexity index is 523. The van der Waals surface area contributed by atoms with E-state index in [9.17, 15) is 8.42 Å². The molecule has 92 valence electrons. The molecule has 0 heterocycles. The summed E-state index contributed by atoms with van der Waals surface area (Å²) in [5, 5.41) is 3.47. The summed E-state index contributed by atoms with van der Waals surface area (Å²) in [5.41, 5.74) is 0. The number of halogens is 1. The molecular formula is C10H11BrN2O3S. The molecule has 0 atom stereocenters. The van der Waals surface area contributed by atoms with Crippen LogP contribution in [0.15, 0.2) is 51.6 Å². The Morgan fingerprint density at radius 2 is 2.06 bits per heavy atom. The first-order valence-electron chi connectivity index (χ1n) is 4.55. The van der Waals surface area contributed by atoms with Crippen LogP contribution in [-0.4, -0.2) is 14.3 Å². The first-order valence-corrected chi connectivity index (χ1v) is 6.83. The Balaban J connectivity index is 2.89. The Morgan fingerprint density at radius 3 is 2.59 bits per heavy atom. The van der Waals surface area contributed by atoms with Gasteiger partial charge in [-0.3, -0.25) is 4.72 Å². The van der Waals surface area contributed by atoms with Crippen LogP contribution in [0.25, 0.3) is 0 Å². The van der Waals surface area contributed by atoms with Crippen LogP contribution in [-0.2, 0) is 14.9 Å². The van der Waals surface area contributed by atoms with Crippen molar-refractivity contribution in [3.63, 3.8) is 0 Å². The van der Waals surface area contributed by atoms with Crippen molar-refractivity contribution in [3.05, 3.63) is 41.6 Å². The zero-order valence-corrected chi connectivity index (χ0v) is 11.5. The smallest absolute Gasteiger partial charge is 0.262 e. The van der Waals surface area contributed by atoms with Crippen molar-refractivity contribution in [3.8, 4) is 0 Å². The average Bonchev–Trinajstić information content (AvgIpc) is 2.26. The minimum Gasteiger partial charge on any atom is -0.364 e. The largest absolute Gasteiger partial charge is 0.364 e. The number of oxime groups is 1. The number of rotatable bonds is 4. The van der Waals surface area contributed by atoms with Crippen LogP contribution in [0.2, 0.25) is 0 Å². The highest BCUT2D eigenvalue weighted by Crippen LogP contribution is 2.14. The van der Waals surface area contributed by atoms with E-state index < -0.39 is 10.0 Å². The van der Waals surface area contributed by atoms with Gasteiger partial charge < -0.3 is 4.84 Å². The lowest BCUT2D eigenvalue weighted by Gasteiger charge is -2.06. The van der Waals surface area contributed by atoms with Gasteiger partial charge in [0.1, 0.15) is 6.26 Å². The van der Waals surface area contributed by atoms with Gasteiger partial charge >= 0.3 is 0 Å². The van der Waals surface area contributed by atoms with Crippen LogP contribution < -0.4 is 4.72 Å². The Hall–Kier alpha value is -1.34. The van der Waals surface area contributed by atoms with Crippen LogP contribution in [0.1, 0.15) is 6.92 Å². The van der Waals surface area contributed by atoms with Gasteiger partial charge in [-0.2, -0.15) is 0 Å². The molecule has 0 aromatic heterocycles. The van der Waals surface area contributed by atoms with E-state index in [0.29, 0.717) is 0 Å². The highest BCUT2D eigenvalue weighted by atomic mass is 79.9. The van der Waals surface area contributed by atoms with Crippen molar-refractivity contribution < 1.29 is 13.3 Å². The molecule has 0 bridgehead atoms. The fourth-order valence-corrected chi connectivity index (χ4v) is 2.30. The molecule has 0 spiro atoms. The van der Waals surface area contributed by atoms with Gasteiger partial charge in [-0.15, -0.1) is 0 Å². The van der Waals surface area contributed by atoms with Gasteiger partial charge in [0.2, 0.25) is 0 Å². The van der Waals surface area contributed by atoms with Gasteiger partial charge in [0, 0.05) is 4.47 Å². The normalized spacial score (nSPS) is 12.0. The SMILES string of the molecule is C=CO/N=C(\C)NS(=O)(=O)c1ccc(Br)cc1. The predicted octanol–water partition coefficient (Wildman–Crippen LogP) is 2.22. The first-order chi connectivity index (χ1) is 7.95. The van der Waals surface area contributed by atoms with Gasteiger partial charge in [0.25, 0.3) is 10.0 Å². The number of hydrogen-bond donors (Lipinski definition) is 1. The lowest BCUT2D eigenvalue weighted by atomic mass is 10.4. The summed E-state index contributed by atoms with van der Waals surface area (Å²) in [5.74, 6) is 0.118. The third-order valence-electron chi connectivity index (χ3n) is 1.67. The summed E-state index contributed by atoms with van der Waals surface area (Å²) < 4.78 is 26.7. The number of amidine groups is 1. The maximum Gasteiger partial charge on any atom is 0.262 e. The number of sulfonamides is 1. The van der Waals surface area contributed by atoms with Crippen LogP contribution in [0.5, 0.6) is 0 Å². The van der Waals surface area contributed by atoms with E-state index in [-0.39, 0.29) is 10.7 Å². The summed E-state index contributed by atoms with van der Waals surface area (Å²) in [6.45, 7) is 4.76. The zero-order valence-electron chi connectivity index (χ0n) is 9.05. The van der Waals surface area contributed by atoms with E-state index in [0.717, 1.165) is 10.7 Å². The molecule has 1 N–H and O–H groups in total. The molecule has 0 amide bonds. The molecule has 0 fully saturated rings. The average molecular weight is 319 g/mol. The monoisotopic (exact) mass is 318 g/mol. The lowest BCUT2D eigenvalue weighted by molar-refractivity contribution is 0.268. The van der Waals surface area contributed by atoms with Crippen molar-refractivity contribution in [2.45, 2.75) is 11.8 Å². The Kier molecular flexibility index (Phi) is 4.71. The second-order valence-electron chi connectivity index (χ2n) is 3.01. The van der Waals surface area contributed by atoms with E-state index in [1.165, 1.54) is 19.1 Å². The van der Waals surface area contributed by atoms with Crippen molar-refractivity contribution in [1.82, 2.24) is 4.72 Å². The maximum absolute atomic E-state index is 11.8. The molecule has 0 aliphatic heterocycles. The molecule has 5 nitrogen and oxygen atoms in total. The van der Waals surface area contributed by atoms with Crippen molar-refractivity contribution in [2.75, 3.05) is 0 Å². The van der Waals surface area contributed by atoms with Gasteiger partial charge in [0.15, 0.2) is 5.84 Å². The predicted molar refractivity (Wildman–Crippen MR) is 68.9 cm³/mol. The highest BCUT2D eigenvalue weighted by molar-refractivity contribution is 9.10. The number of benzene rings is 1. The molecule has 0 unspecified atom stereocenters. The lowest BCUT2D eigenvalue weighted by Crippen LogP contribution is -2.28. The van der Waals surface area contributed by atoms with Crippen molar-refractivity contribution in [1.29, 1.82) is 0 Å². The summed E-state index contributed by atoms with van der Waals surface area (Å²) in [7, 11) is -3.62. The molecule has 0 radical (unpaired) electrons. The second kappa shape index (κ2) is 5.83. The van der Waals surface area contributed by atoms with Gasteiger partial charge in [-0.25, -0.2) is 8.42 Å². The molecule has 0 aliphatic rings. The molecule has 0 saturated heterocycles. The molecule has 0 aliphatic carbocycles. The highest BCUT2D eigenvalue weighted by Gasteiger charge is 2.14. The molecule has 17 heavy (non-hydrogen) atoms. The molecular weight excluding hydrogens is 308 g/mol. The first kappa shape index (κ1) is 13.7. The molecule has 1 aromatic carbocycles. The molecule has 1 aromatic rings. The Morgan fingerprint density at radius 1 is 1.47 bits per heavy atom. The fraction of sp³-hybridized carbons (Fsp3) is 0.100. The zero-order chi connectivity index (χ0) is 12.9. The molecule has 1 rings (SSSR count). The summed E-state index contributed by atoms with van der Waals surface area (Å²) >= 11 is 3.23. The maximum atomic E-state index is 11.8. The topological polar surface area (TPSA) is 67.8 Å².